The van der Waals surface area contributed by atoms with Gasteiger partial charge in [0.2, 0.25) is 5.91 Å². The average molecular weight is 302 g/mol. The lowest BCUT2D eigenvalue weighted by atomic mass is 9.72. The molecule has 1 aliphatic carbocycles. The maximum Gasteiger partial charge on any atom is 0.240 e. The van der Waals surface area contributed by atoms with Crippen LogP contribution in [0, 0.1) is 5.41 Å². The van der Waals surface area contributed by atoms with Gasteiger partial charge in [0, 0.05) is 12.2 Å². The van der Waals surface area contributed by atoms with E-state index in [1.165, 1.54) is 12.0 Å². The highest BCUT2D eigenvalue weighted by Gasteiger charge is 2.45. The first-order valence-corrected chi connectivity index (χ1v) is 8.26. The number of nitrogens with two attached hydrogens (primary N) is 1. The molecule has 2 aliphatic rings. The van der Waals surface area contributed by atoms with Crippen LogP contribution >= 0.6 is 12.2 Å². The zero-order chi connectivity index (χ0) is 14.9. The fourth-order valence-electron chi connectivity index (χ4n) is 3.72. The van der Waals surface area contributed by atoms with E-state index in [2.05, 4.69) is 6.07 Å². The van der Waals surface area contributed by atoms with Crippen LogP contribution in [0.5, 0.6) is 0 Å². The molecule has 1 aromatic carbocycles. The Balaban J connectivity index is 1.96. The van der Waals surface area contributed by atoms with Crippen molar-refractivity contribution in [2.45, 2.75) is 44.9 Å². The van der Waals surface area contributed by atoms with Gasteiger partial charge in [-0.2, -0.15) is 0 Å². The summed E-state index contributed by atoms with van der Waals surface area (Å²) < 4.78 is 0. The molecule has 0 unspecified atom stereocenters. The molecule has 1 fully saturated rings. The number of carbonyl (C=O) groups is 1. The minimum absolute atomic E-state index is 0.127. The zero-order valence-corrected chi connectivity index (χ0v) is 13.1. The molecule has 0 atom stereocenters. The molecule has 1 aromatic rings. The third-order valence-electron chi connectivity index (χ3n) is 4.94. The summed E-state index contributed by atoms with van der Waals surface area (Å²) in [7, 11) is 0. The average Bonchev–Trinajstić information content (AvgIpc) is 2.54. The second kappa shape index (κ2) is 5.76. The second-order valence-corrected chi connectivity index (χ2v) is 6.64. The maximum absolute atomic E-state index is 13.2. The Morgan fingerprint density at radius 2 is 1.86 bits per heavy atom. The third kappa shape index (κ3) is 2.46. The van der Waals surface area contributed by atoms with Gasteiger partial charge in [0.15, 0.2) is 0 Å². The fraction of sp³-hybridized carbons (Fsp3) is 0.529. The standard InChI is InChI=1S/C17H22N2OS/c18-15(21)17(10-4-1-5-11-17)16(20)19-12-6-8-13-7-2-3-9-14(13)19/h2-3,7,9H,1,4-6,8,10-12H2,(H2,18,21). The van der Waals surface area contributed by atoms with Crippen molar-refractivity contribution in [1.82, 2.24) is 0 Å². The van der Waals surface area contributed by atoms with Crippen LogP contribution in [0.1, 0.15) is 44.1 Å². The van der Waals surface area contributed by atoms with Crippen molar-refractivity contribution in [3.63, 3.8) is 0 Å². The van der Waals surface area contributed by atoms with Crippen molar-refractivity contribution in [1.29, 1.82) is 0 Å². The lowest BCUT2D eigenvalue weighted by Gasteiger charge is -2.40. The summed E-state index contributed by atoms with van der Waals surface area (Å²) in [6.07, 6.45) is 6.92. The predicted octanol–water partition coefficient (Wildman–Crippen LogP) is 3.20. The summed E-state index contributed by atoms with van der Waals surface area (Å²) in [6, 6.07) is 8.20. The Kier molecular flexibility index (Phi) is 3.98. The molecule has 112 valence electrons. The Bertz CT molecular complexity index is 564. The molecule has 0 aromatic heterocycles. The SMILES string of the molecule is NC(=S)C1(C(=O)N2CCCc3ccccc32)CCCCC1. The summed E-state index contributed by atoms with van der Waals surface area (Å²) in [6.45, 7) is 0.778. The van der Waals surface area contributed by atoms with Crippen molar-refractivity contribution >= 4 is 28.8 Å². The van der Waals surface area contributed by atoms with Gasteiger partial charge >= 0.3 is 0 Å². The molecule has 4 heteroatoms. The minimum atomic E-state index is -0.613. The molecule has 0 bridgehead atoms. The molecular formula is C17H22N2OS. The molecule has 0 radical (unpaired) electrons. The molecule has 0 saturated heterocycles. The number of amides is 1. The summed E-state index contributed by atoms with van der Waals surface area (Å²) in [4.78, 5) is 15.6. The maximum atomic E-state index is 13.2. The number of hydrogen-bond donors (Lipinski definition) is 1. The highest BCUT2D eigenvalue weighted by atomic mass is 32.1. The van der Waals surface area contributed by atoms with E-state index >= 15 is 0 Å². The molecule has 3 nitrogen and oxygen atoms in total. The van der Waals surface area contributed by atoms with Crippen LogP contribution in [0.25, 0.3) is 0 Å². The van der Waals surface area contributed by atoms with E-state index in [0.29, 0.717) is 4.99 Å². The third-order valence-corrected chi connectivity index (χ3v) is 5.33. The number of thiocarbonyl (C=S) groups is 1. The van der Waals surface area contributed by atoms with Gasteiger partial charge in [0.1, 0.15) is 0 Å². The number of hydrogen-bond acceptors (Lipinski definition) is 2. The van der Waals surface area contributed by atoms with Crippen molar-refractivity contribution in [3.8, 4) is 0 Å². The highest BCUT2D eigenvalue weighted by Crippen LogP contribution is 2.40. The lowest BCUT2D eigenvalue weighted by Crippen LogP contribution is -2.53. The lowest BCUT2D eigenvalue weighted by molar-refractivity contribution is -0.126. The van der Waals surface area contributed by atoms with Gasteiger partial charge < -0.3 is 10.6 Å². The molecule has 1 amide bonds. The zero-order valence-electron chi connectivity index (χ0n) is 12.3. The van der Waals surface area contributed by atoms with Gasteiger partial charge in [-0.05, 0) is 37.3 Å². The van der Waals surface area contributed by atoms with Crippen LogP contribution in [0.4, 0.5) is 5.69 Å². The molecule has 0 spiro atoms. The highest BCUT2D eigenvalue weighted by molar-refractivity contribution is 7.80. The summed E-state index contributed by atoms with van der Waals surface area (Å²) in [5.41, 5.74) is 7.71. The Hall–Kier alpha value is -1.42. The van der Waals surface area contributed by atoms with Crippen molar-refractivity contribution in [2.24, 2.45) is 11.1 Å². The van der Waals surface area contributed by atoms with E-state index in [0.717, 1.165) is 50.8 Å². The van der Waals surface area contributed by atoms with Gasteiger partial charge in [-0.25, -0.2) is 0 Å². The Morgan fingerprint density at radius 3 is 2.57 bits per heavy atom. The molecule has 1 aliphatic heterocycles. The normalized spacial score (nSPS) is 20.7. The molecule has 2 N–H and O–H groups in total. The quantitative estimate of drug-likeness (QED) is 0.853. The minimum Gasteiger partial charge on any atom is -0.392 e. The number of nitrogens with zero attached hydrogens (tertiary/aromatic N) is 1. The predicted molar refractivity (Wildman–Crippen MR) is 89.4 cm³/mol. The van der Waals surface area contributed by atoms with Gasteiger partial charge in [-0.1, -0.05) is 49.7 Å². The summed E-state index contributed by atoms with van der Waals surface area (Å²) >= 11 is 5.30. The van der Waals surface area contributed by atoms with Crippen LogP contribution in [-0.2, 0) is 11.2 Å². The summed E-state index contributed by atoms with van der Waals surface area (Å²) in [5, 5.41) is 0. The monoisotopic (exact) mass is 302 g/mol. The Labute approximate surface area is 131 Å². The van der Waals surface area contributed by atoms with Gasteiger partial charge in [0.05, 0.1) is 10.4 Å². The number of aryl methyl sites for hydroxylation is 1. The molecule has 1 saturated carbocycles. The number of rotatable bonds is 2. The number of carbonyl (C=O) groups excluding carboxylic acids is 1. The topological polar surface area (TPSA) is 46.3 Å². The first-order valence-electron chi connectivity index (χ1n) is 7.85. The second-order valence-electron chi connectivity index (χ2n) is 6.20. The van der Waals surface area contributed by atoms with Gasteiger partial charge in [-0.15, -0.1) is 0 Å². The first-order chi connectivity index (χ1) is 10.1. The van der Waals surface area contributed by atoms with Crippen molar-refractivity contribution in [2.75, 3.05) is 11.4 Å². The van der Waals surface area contributed by atoms with Crippen LogP contribution in [0.15, 0.2) is 24.3 Å². The van der Waals surface area contributed by atoms with Crippen LogP contribution < -0.4 is 10.6 Å². The van der Waals surface area contributed by atoms with E-state index in [1.54, 1.807) is 0 Å². The Morgan fingerprint density at radius 1 is 1.14 bits per heavy atom. The molecule has 21 heavy (non-hydrogen) atoms. The van der Waals surface area contributed by atoms with E-state index in [9.17, 15) is 4.79 Å². The number of anilines is 1. The van der Waals surface area contributed by atoms with E-state index < -0.39 is 5.41 Å². The number of benzene rings is 1. The molecule has 3 rings (SSSR count). The van der Waals surface area contributed by atoms with Gasteiger partial charge in [0.25, 0.3) is 0 Å². The smallest absolute Gasteiger partial charge is 0.240 e. The molecule has 1 heterocycles. The van der Waals surface area contributed by atoms with Crippen LogP contribution in [0.2, 0.25) is 0 Å². The number of para-hydroxylation sites is 1. The van der Waals surface area contributed by atoms with E-state index in [4.69, 9.17) is 18.0 Å². The van der Waals surface area contributed by atoms with Crippen LogP contribution in [-0.4, -0.2) is 17.4 Å². The van der Waals surface area contributed by atoms with E-state index in [1.807, 2.05) is 23.1 Å². The van der Waals surface area contributed by atoms with Gasteiger partial charge in [-0.3, -0.25) is 4.79 Å². The molecular weight excluding hydrogens is 280 g/mol. The van der Waals surface area contributed by atoms with Crippen LogP contribution in [0.3, 0.4) is 0 Å². The number of fused-ring (bicyclic) bond motifs is 1. The largest absolute Gasteiger partial charge is 0.392 e. The first kappa shape index (κ1) is 14.5. The van der Waals surface area contributed by atoms with Crippen molar-refractivity contribution < 1.29 is 4.79 Å². The fourth-order valence-corrected chi connectivity index (χ4v) is 4.02. The summed E-state index contributed by atoms with van der Waals surface area (Å²) in [5.74, 6) is 0.127. The van der Waals surface area contributed by atoms with Crippen molar-refractivity contribution in [3.05, 3.63) is 29.8 Å². The van der Waals surface area contributed by atoms with E-state index in [-0.39, 0.29) is 5.91 Å².